The molecule has 1 aliphatic rings. The number of rotatable bonds is 5. The Bertz CT molecular complexity index is 193. The lowest BCUT2D eigenvalue weighted by molar-refractivity contribution is -0.0224. The van der Waals surface area contributed by atoms with Crippen LogP contribution in [0.15, 0.2) is 0 Å². The largest absolute Gasteiger partial charge is 0.389 e. The van der Waals surface area contributed by atoms with Crippen molar-refractivity contribution in [3.05, 3.63) is 0 Å². The summed E-state index contributed by atoms with van der Waals surface area (Å²) in [5.74, 6) is 1.40. The number of nitrogens with one attached hydrogen (secondary N) is 1. The Labute approximate surface area is 101 Å². The van der Waals surface area contributed by atoms with Crippen LogP contribution in [0.5, 0.6) is 0 Å². The minimum atomic E-state index is -0.525. The van der Waals surface area contributed by atoms with Gasteiger partial charge in [0.1, 0.15) is 0 Å². The molecule has 0 radical (unpaired) electrons. The van der Waals surface area contributed by atoms with Crippen LogP contribution in [0.1, 0.15) is 59.8 Å². The fourth-order valence-corrected chi connectivity index (χ4v) is 2.75. The zero-order valence-electron chi connectivity index (χ0n) is 11.4. The predicted molar refractivity (Wildman–Crippen MR) is 69.5 cm³/mol. The molecule has 16 heavy (non-hydrogen) atoms. The third-order valence-corrected chi connectivity index (χ3v) is 4.17. The molecule has 0 amide bonds. The zero-order valence-corrected chi connectivity index (χ0v) is 11.4. The lowest BCUT2D eigenvalue weighted by Crippen LogP contribution is -2.47. The second kappa shape index (κ2) is 6.02. The average Bonchev–Trinajstić information content (AvgIpc) is 2.27. The normalized spacial score (nSPS) is 30.4. The van der Waals surface area contributed by atoms with Gasteiger partial charge in [0.25, 0.3) is 0 Å². The van der Waals surface area contributed by atoms with Crippen LogP contribution in [0.4, 0.5) is 0 Å². The zero-order chi connectivity index (χ0) is 12.2. The van der Waals surface area contributed by atoms with E-state index >= 15 is 0 Å². The van der Waals surface area contributed by atoms with Crippen molar-refractivity contribution in [1.82, 2.24) is 5.32 Å². The quantitative estimate of drug-likeness (QED) is 0.757. The fourth-order valence-electron chi connectivity index (χ4n) is 2.75. The monoisotopic (exact) mass is 227 g/mol. The maximum absolute atomic E-state index is 10.5. The number of hydrogen-bond donors (Lipinski definition) is 2. The van der Waals surface area contributed by atoms with Crippen LogP contribution in [-0.4, -0.2) is 23.3 Å². The summed E-state index contributed by atoms with van der Waals surface area (Å²) in [6.45, 7) is 9.27. The molecule has 0 spiro atoms. The minimum absolute atomic E-state index is 0.457. The molecule has 1 saturated carbocycles. The summed E-state index contributed by atoms with van der Waals surface area (Å²) in [6.07, 6.45) is 6.31. The summed E-state index contributed by atoms with van der Waals surface area (Å²) >= 11 is 0. The topological polar surface area (TPSA) is 32.3 Å². The van der Waals surface area contributed by atoms with Crippen LogP contribution in [0.25, 0.3) is 0 Å². The van der Waals surface area contributed by atoms with E-state index in [4.69, 9.17) is 0 Å². The molecule has 2 nitrogen and oxygen atoms in total. The molecule has 1 unspecified atom stereocenters. The van der Waals surface area contributed by atoms with Gasteiger partial charge < -0.3 is 10.4 Å². The van der Waals surface area contributed by atoms with E-state index in [2.05, 4.69) is 26.1 Å². The van der Waals surface area contributed by atoms with Gasteiger partial charge in [0, 0.05) is 12.6 Å². The van der Waals surface area contributed by atoms with E-state index in [0.717, 1.165) is 12.5 Å². The molecule has 1 rings (SSSR count). The summed E-state index contributed by atoms with van der Waals surface area (Å²) < 4.78 is 0. The van der Waals surface area contributed by atoms with E-state index in [-0.39, 0.29) is 0 Å². The SMILES string of the molecule is CCC1CCC(C(C)(O)CNC(C)C)CC1. The summed E-state index contributed by atoms with van der Waals surface area (Å²) in [6, 6.07) is 0.457. The number of aliphatic hydroxyl groups is 1. The summed E-state index contributed by atoms with van der Waals surface area (Å²) in [7, 11) is 0. The van der Waals surface area contributed by atoms with E-state index in [1.807, 2.05) is 6.92 Å². The van der Waals surface area contributed by atoms with E-state index < -0.39 is 5.60 Å². The molecule has 96 valence electrons. The Morgan fingerprint density at radius 1 is 1.25 bits per heavy atom. The van der Waals surface area contributed by atoms with Crippen LogP contribution in [0.3, 0.4) is 0 Å². The first kappa shape index (κ1) is 14.0. The summed E-state index contributed by atoms with van der Waals surface area (Å²) in [4.78, 5) is 0. The van der Waals surface area contributed by atoms with Gasteiger partial charge in [0.05, 0.1) is 5.60 Å². The second-order valence-electron chi connectivity index (χ2n) is 6.02. The van der Waals surface area contributed by atoms with Gasteiger partial charge in [-0.1, -0.05) is 40.0 Å². The van der Waals surface area contributed by atoms with Crippen molar-refractivity contribution in [2.24, 2.45) is 11.8 Å². The first-order valence-corrected chi connectivity index (χ1v) is 6.91. The maximum atomic E-state index is 10.5. The highest BCUT2D eigenvalue weighted by Gasteiger charge is 2.34. The lowest BCUT2D eigenvalue weighted by atomic mass is 9.73. The lowest BCUT2D eigenvalue weighted by Gasteiger charge is -2.38. The molecule has 1 atom stereocenters. The van der Waals surface area contributed by atoms with Crippen molar-refractivity contribution in [2.75, 3.05) is 6.54 Å². The summed E-state index contributed by atoms with van der Waals surface area (Å²) in [5.41, 5.74) is -0.525. The smallest absolute Gasteiger partial charge is 0.0771 e. The van der Waals surface area contributed by atoms with Crippen LogP contribution in [-0.2, 0) is 0 Å². The van der Waals surface area contributed by atoms with Gasteiger partial charge in [-0.3, -0.25) is 0 Å². The molecule has 0 aromatic rings. The van der Waals surface area contributed by atoms with E-state index in [9.17, 15) is 5.11 Å². The fraction of sp³-hybridized carbons (Fsp3) is 1.00. The molecule has 0 bridgehead atoms. The van der Waals surface area contributed by atoms with Gasteiger partial charge in [-0.25, -0.2) is 0 Å². The van der Waals surface area contributed by atoms with Gasteiger partial charge >= 0.3 is 0 Å². The predicted octanol–water partition coefficient (Wildman–Crippen LogP) is 2.95. The molecule has 0 aliphatic heterocycles. The molecule has 0 saturated heterocycles. The van der Waals surface area contributed by atoms with Crippen LogP contribution in [0, 0.1) is 11.8 Å². The molecule has 2 N–H and O–H groups in total. The first-order valence-electron chi connectivity index (χ1n) is 6.91. The molecule has 2 heteroatoms. The molecule has 0 aromatic heterocycles. The highest BCUT2D eigenvalue weighted by atomic mass is 16.3. The molecule has 1 fully saturated rings. The van der Waals surface area contributed by atoms with Crippen molar-refractivity contribution in [2.45, 2.75) is 71.4 Å². The Morgan fingerprint density at radius 2 is 1.81 bits per heavy atom. The first-order chi connectivity index (χ1) is 7.45. The van der Waals surface area contributed by atoms with Gasteiger partial charge in [-0.2, -0.15) is 0 Å². The Kier molecular flexibility index (Phi) is 5.26. The average molecular weight is 227 g/mol. The van der Waals surface area contributed by atoms with Gasteiger partial charge in [-0.15, -0.1) is 0 Å². The maximum Gasteiger partial charge on any atom is 0.0771 e. The van der Waals surface area contributed by atoms with Crippen molar-refractivity contribution >= 4 is 0 Å². The second-order valence-corrected chi connectivity index (χ2v) is 6.02. The molecular weight excluding hydrogens is 198 g/mol. The van der Waals surface area contributed by atoms with Crippen molar-refractivity contribution in [1.29, 1.82) is 0 Å². The van der Waals surface area contributed by atoms with Crippen LogP contribution >= 0.6 is 0 Å². The highest BCUT2D eigenvalue weighted by Crippen LogP contribution is 2.36. The van der Waals surface area contributed by atoms with E-state index in [1.165, 1.54) is 32.1 Å². The molecular formula is C14H29NO. The third kappa shape index (κ3) is 4.06. The van der Waals surface area contributed by atoms with Crippen LogP contribution in [0.2, 0.25) is 0 Å². The highest BCUT2D eigenvalue weighted by molar-refractivity contribution is 4.88. The Hall–Kier alpha value is -0.0800. The Morgan fingerprint density at radius 3 is 2.25 bits per heavy atom. The van der Waals surface area contributed by atoms with E-state index in [1.54, 1.807) is 0 Å². The molecule has 1 aliphatic carbocycles. The standard InChI is InChI=1S/C14H29NO/c1-5-12-6-8-13(9-7-12)14(4,16)10-15-11(2)3/h11-13,15-16H,5-10H2,1-4H3. The number of hydrogen-bond acceptors (Lipinski definition) is 2. The molecule has 0 heterocycles. The van der Waals surface area contributed by atoms with Gasteiger partial charge in [-0.05, 0) is 31.6 Å². The van der Waals surface area contributed by atoms with Crippen molar-refractivity contribution in [3.63, 3.8) is 0 Å². The van der Waals surface area contributed by atoms with Gasteiger partial charge in [0.15, 0.2) is 0 Å². The molecule has 0 aromatic carbocycles. The Balaban J connectivity index is 2.38. The van der Waals surface area contributed by atoms with Gasteiger partial charge in [0.2, 0.25) is 0 Å². The minimum Gasteiger partial charge on any atom is -0.389 e. The van der Waals surface area contributed by atoms with Crippen LogP contribution < -0.4 is 5.32 Å². The summed E-state index contributed by atoms with van der Waals surface area (Å²) in [5, 5.41) is 13.8. The van der Waals surface area contributed by atoms with Crippen molar-refractivity contribution < 1.29 is 5.11 Å². The van der Waals surface area contributed by atoms with E-state index in [0.29, 0.717) is 12.0 Å². The third-order valence-electron chi connectivity index (χ3n) is 4.17. The van der Waals surface area contributed by atoms with Crippen molar-refractivity contribution in [3.8, 4) is 0 Å².